The topological polar surface area (TPSA) is 17.1 Å². The molecule has 1 heteroatoms. The third-order valence-electron chi connectivity index (χ3n) is 2.10. The van der Waals surface area contributed by atoms with Gasteiger partial charge in [-0.3, -0.25) is 4.79 Å². The first kappa shape index (κ1) is 7.52. The Morgan fingerprint density at radius 3 is 2.60 bits per heavy atom. The first-order valence-corrected chi connectivity index (χ1v) is 3.84. The van der Waals surface area contributed by atoms with Crippen LogP contribution in [-0.4, -0.2) is 5.78 Å². The second-order valence-electron chi connectivity index (χ2n) is 3.33. The van der Waals surface area contributed by atoms with Gasteiger partial charge >= 0.3 is 0 Å². The second kappa shape index (κ2) is 2.57. The van der Waals surface area contributed by atoms with Crippen molar-refractivity contribution in [1.29, 1.82) is 0 Å². The molecule has 0 radical (unpaired) electrons. The van der Waals surface area contributed by atoms with E-state index in [-0.39, 0.29) is 5.92 Å². The molecule has 0 amide bonds. The monoisotopic (exact) mass is 138 g/mol. The summed E-state index contributed by atoms with van der Waals surface area (Å²) >= 11 is 0. The van der Waals surface area contributed by atoms with E-state index in [9.17, 15) is 4.79 Å². The SMILES string of the molecule is CC1=CC(C)CC(C)C1=O. The Labute approximate surface area is 62.1 Å². The number of ketones is 1. The minimum absolute atomic E-state index is 0.250. The van der Waals surface area contributed by atoms with Gasteiger partial charge < -0.3 is 0 Å². The molecular formula is C9H14O. The van der Waals surface area contributed by atoms with Crippen LogP contribution in [0.4, 0.5) is 0 Å². The number of carbonyl (C=O) groups is 1. The molecule has 0 aromatic rings. The average molecular weight is 138 g/mol. The molecule has 0 aliphatic heterocycles. The molecule has 1 nitrogen and oxygen atoms in total. The summed E-state index contributed by atoms with van der Waals surface area (Å²) in [7, 11) is 0. The Hall–Kier alpha value is -0.590. The van der Waals surface area contributed by atoms with Crippen LogP contribution in [0.3, 0.4) is 0 Å². The Balaban J connectivity index is 2.81. The van der Waals surface area contributed by atoms with Crippen molar-refractivity contribution in [3.63, 3.8) is 0 Å². The van der Waals surface area contributed by atoms with Gasteiger partial charge in [0.2, 0.25) is 0 Å². The first-order valence-electron chi connectivity index (χ1n) is 3.84. The number of hydrogen-bond donors (Lipinski definition) is 0. The van der Waals surface area contributed by atoms with Crippen LogP contribution in [0.15, 0.2) is 11.6 Å². The highest BCUT2D eigenvalue weighted by Gasteiger charge is 2.21. The lowest BCUT2D eigenvalue weighted by Crippen LogP contribution is -2.19. The van der Waals surface area contributed by atoms with Crippen molar-refractivity contribution in [2.24, 2.45) is 11.8 Å². The molecule has 2 unspecified atom stereocenters. The van der Waals surface area contributed by atoms with E-state index in [0.29, 0.717) is 11.7 Å². The van der Waals surface area contributed by atoms with Crippen molar-refractivity contribution in [3.05, 3.63) is 11.6 Å². The largest absolute Gasteiger partial charge is 0.294 e. The molecule has 2 atom stereocenters. The molecule has 0 bridgehead atoms. The van der Waals surface area contributed by atoms with Crippen LogP contribution < -0.4 is 0 Å². The first-order chi connectivity index (χ1) is 4.61. The van der Waals surface area contributed by atoms with Gasteiger partial charge in [0.15, 0.2) is 5.78 Å². The molecule has 1 aliphatic carbocycles. The summed E-state index contributed by atoms with van der Waals surface area (Å²) in [6.45, 7) is 6.08. The van der Waals surface area contributed by atoms with Crippen molar-refractivity contribution < 1.29 is 4.79 Å². The van der Waals surface area contributed by atoms with E-state index in [1.165, 1.54) is 0 Å². The number of carbonyl (C=O) groups excluding carboxylic acids is 1. The molecule has 10 heavy (non-hydrogen) atoms. The number of rotatable bonds is 0. The van der Waals surface area contributed by atoms with Gasteiger partial charge in [0.1, 0.15) is 0 Å². The van der Waals surface area contributed by atoms with Crippen molar-refractivity contribution >= 4 is 5.78 Å². The Morgan fingerprint density at radius 1 is 1.50 bits per heavy atom. The zero-order valence-electron chi connectivity index (χ0n) is 6.85. The van der Waals surface area contributed by atoms with E-state index < -0.39 is 0 Å². The maximum atomic E-state index is 11.2. The molecule has 0 saturated carbocycles. The van der Waals surface area contributed by atoms with E-state index >= 15 is 0 Å². The molecule has 1 aliphatic rings. The predicted octanol–water partition coefficient (Wildman–Crippen LogP) is 2.18. The van der Waals surface area contributed by atoms with Crippen LogP contribution >= 0.6 is 0 Å². The zero-order valence-corrected chi connectivity index (χ0v) is 6.85. The van der Waals surface area contributed by atoms with Crippen LogP contribution in [0, 0.1) is 11.8 Å². The minimum atomic E-state index is 0.250. The highest BCUT2D eigenvalue weighted by atomic mass is 16.1. The molecule has 56 valence electrons. The molecule has 0 aromatic carbocycles. The maximum Gasteiger partial charge on any atom is 0.161 e. The number of Topliss-reactive ketones (excluding diaryl/α,β-unsaturated/α-hetero) is 1. The molecule has 0 spiro atoms. The summed E-state index contributed by atoms with van der Waals surface area (Å²) in [6.07, 6.45) is 3.10. The number of hydrogen-bond acceptors (Lipinski definition) is 1. The Kier molecular flexibility index (Phi) is 1.93. The lowest BCUT2D eigenvalue weighted by Gasteiger charge is -2.20. The zero-order chi connectivity index (χ0) is 7.72. The summed E-state index contributed by atoms with van der Waals surface area (Å²) in [6, 6.07) is 0. The van der Waals surface area contributed by atoms with Crippen molar-refractivity contribution in [2.45, 2.75) is 27.2 Å². The quantitative estimate of drug-likeness (QED) is 0.501. The molecule has 0 aromatic heterocycles. The van der Waals surface area contributed by atoms with Gasteiger partial charge in [-0.2, -0.15) is 0 Å². The molecule has 0 heterocycles. The van der Waals surface area contributed by atoms with Crippen LogP contribution in [0.2, 0.25) is 0 Å². The maximum absolute atomic E-state index is 11.2. The predicted molar refractivity (Wildman–Crippen MR) is 41.7 cm³/mol. The van der Waals surface area contributed by atoms with Gasteiger partial charge in [-0.15, -0.1) is 0 Å². The van der Waals surface area contributed by atoms with Crippen molar-refractivity contribution in [3.8, 4) is 0 Å². The fourth-order valence-electron chi connectivity index (χ4n) is 1.63. The van der Waals surface area contributed by atoms with E-state index in [4.69, 9.17) is 0 Å². The molecule has 1 rings (SSSR count). The van der Waals surface area contributed by atoms with E-state index in [1.54, 1.807) is 0 Å². The molecule has 0 fully saturated rings. The molecular weight excluding hydrogens is 124 g/mol. The smallest absolute Gasteiger partial charge is 0.161 e. The van der Waals surface area contributed by atoms with Gasteiger partial charge in [0.05, 0.1) is 0 Å². The van der Waals surface area contributed by atoms with E-state index in [2.05, 4.69) is 13.0 Å². The van der Waals surface area contributed by atoms with E-state index in [0.717, 1.165) is 12.0 Å². The van der Waals surface area contributed by atoms with Gasteiger partial charge in [0.25, 0.3) is 0 Å². The summed E-state index contributed by atoms with van der Waals surface area (Å²) in [5.41, 5.74) is 0.950. The summed E-state index contributed by atoms with van der Waals surface area (Å²) in [4.78, 5) is 11.2. The van der Waals surface area contributed by atoms with Crippen LogP contribution in [0.25, 0.3) is 0 Å². The highest BCUT2D eigenvalue weighted by Crippen LogP contribution is 2.23. The summed E-state index contributed by atoms with van der Waals surface area (Å²) < 4.78 is 0. The fraction of sp³-hybridized carbons (Fsp3) is 0.667. The lowest BCUT2D eigenvalue weighted by atomic mass is 9.84. The van der Waals surface area contributed by atoms with Crippen molar-refractivity contribution in [2.75, 3.05) is 0 Å². The van der Waals surface area contributed by atoms with E-state index in [1.807, 2.05) is 13.8 Å². The normalized spacial score (nSPS) is 33.9. The standard InChI is InChI=1S/C9H14O/c1-6-4-7(2)9(10)8(3)5-6/h4,6,8H,5H2,1-3H3. The van der Waals surface area contributed by atoms with Crippen LogP contribution in [0.1, 0.15) is 27.2 Å². The van der Waals surface area contributed by atoms with Crippen LogP contribution in [0.5, 0.6) is 0 Å². The number of allylic oxidation sites excluding steroid dienone is 2. The van der Waals surface area contributed by atoms with Crippen molar-refractivity contribution in [1.82, 2.24) is 0 Å². The average Bonchev–Trinajstić information content (AvgIpc) is 1.82. The second-order valence-corrected chi connectivity index (χ2v) is 3.33. The van der Waals surface area contributed by atoms with Crippen LogP contribution in [-0.2, 0) is 4.79 Å². The van der Waals surface area contributed by atoms with Gasteiger partial charge in [-0.25, -0.2) is 0 Å². The third-order valence-corrected chi connectivity index (χ3v) is 2.10. The summed E-state index contributed by atoms with van der Waals surface area (Å²) in [5, 5.41) is 0. The lowest BCUT2D eigenvalue weighted by molar-refractivity contribution is -0.119. The van der Waals surface area contributed by atoms with Gasteiger partial charge in [-0.05, 0) is 24.8 Å². The highest BCUT2D eigenvalue weighted by molar-refractivity contribution is 5.97. The summed E-state index contributed by atoms with van der Waals surface area (Å²) in [5.74, 6) is 1.17. The molecule has 0 N–H and O–H groups in total. The van der Waals surface area contributed by atoms with Gasteiger partial charge in [-0.1, -0.05) is 19.9 Å². The fourth-order valence-corrected chi connectivity index (χ4v) is 1.63. The Bertz CT molecular complexity index is 179. The minimum Gasteiger partial charge on any atom is -0.294 e. The van der Waals surface area contributed by atoms with Gasteiger partial charge in [0, 0.05) is 5.92 Å². The Morgan fingerprint density at radius 2 is 2.10 bits per heavy atom. The third kappa shape index (κ3) is 1.28. The molecule has 0 saturated heterocycles.